The van der Waals surface area contributed by atoms with Crippen molar-refractivity contribution < 1.29 is 13.2 Å². The van der Waals surface area contributed by atoms with Gasteiger partial charge in [0.25, 0.3) is 5.91 Å². The number of thiazole rings is 1. The Morgan fingerprint density at radius 2 is 1.83 bits per heavy atom. The highest BCUT2D eigenvalue weighted by molar-refractivity contribution is 7.89. The SMILES string of the molecule is CC1CCN(S(=O)(=O)c2ccc(C(=O)N3CCCC(c4nccs4)C3)cc2)CC1. The van der Waals surface area contributed by atoms with Gasteiger partial charge in [0.05, 0.1) is 9.90 Å². The minimum atomic E-state index is -3.49. The Bertz CT molecular complexity index is 934. The molecule has 0 N–H and O–H groups in total. The molecule has 2 aliphatic heterocycles. The predicted octanol–water partition coefficient (Wildman–Crippen LogP) is 3.58. The van der Waals surface area contributed by atoms with E-state index in [-0.39, 0.29) is 16.7 Å². The molecule has 1 aromatic carbocycles. The van der Waals surface area contributed by atoms with E-state index in [1.54, 1.807) is 39.9 Å². The largest absolute Gasteiger partial charge is 0.338 e. The van der Waals surface area contributed by atoms with Crippen LogP contribution in [0.15, 0.2) is 40.7 Å². The maximum atomic E-state index is 13.0. The maximum Gasteiger partial charge on any atom is 0.253 e. The number of nitrogens with zero attached hydrogens (tertiary/aromatic N) is 3. The molecular formula is C21H27N3O3S2. The zero-order valence-corrected chi connectivity index (χ0v) is 18.3. The van der Waals surface area contributed by atoms with Crippen LogP contribution in [0.25, 0.3) is 0 Å². The number of amides is 1. The monoisotopic (exact) mass is 433 g/mol. The summed E-state index contributed by atoms with van der Waals surface area (Å²) in [6.45, 7) is 4.68. The van der Waals surface area contributed by atoms with Crippen LogP contribution < -0.4 is 0 Å². The molecule has 1 amide bonds. The number of hydrogen-bond donors (Lipinski definition) is 0. The molecule has 0 saturated carbocycles. The fourth-order valence-electron chi connectivity index (χ4n) is 4.13. The lowest BCUT2D eigenvalue weighted by Gasteiger charge is -2.32. The Kier molecular flexibility index (Phi) is 6.03. The van der Waals surface area contributed by atoms with Gasteiger partial charge >= 0.3 is 0 Å². The van der Waals surface area contributed by atoms with Gasteiger partial charge in [-0.05, 0) is 55.9 Å². The van der Waals surface area contributed by atoms with Crippen LogP contribution in [0.2, 0.25) is 0 Å². The van der Waals surface area contributed by atoms with Crippen LogP contribution in [-0.4, -0.2) is 54.7 Å². The van der Waals surface area contributed by atoms with Crippen molar-refractivity contribution in [3.8, 4) is 0 Å². The average Bonchev–Trinajstić information content (AvgIpc) is 3.29. The molecule has 0 radical (unpaired) electrons. The van der Waals surface area contributed by atoms with Crippen LogP contribution in [-0.2, 0) is 10.0 Å². The Morgan fingerprint density at radius 3 is 2.48 bits per heavy atom. The van der Waals surface area contributed by atoms with Crippen LogP contribution in [0.5, 0.6) is 0 Å². The van der Waals surface area contributed by atoms with E-state index < -0.39 is 10.0 Å². The summed E-state index contributed by atoms with van der Waals surface area (Å²) in [4.78, 5) is 19.5. The van der Waals surface area contributed by atoms with Crippen LogP contribution in [0.4, 0.5) is 0 Å². The van der Waals surface area contributed by atoms with Gasteiger partial charge in [-0.15, -0.1) is 11.3 Å². The first kappa shape index (κ1) is 20.5. The van der Waals surface area contributed by atoms with Crippen LogP contribution in [0, 0.1) is 5.92 Å². The lowest BCUT2D eigenvalue weighted by Crippen LogP contribution is -2.39. The van der Waals surface area contributed by atoms with Crippen molar-refractivity contribution in [2.75, 3.05) is 26.2 Å². The van der Waals surface area contributed by atoms with Crippen molar-refractivity contribution in [2.45, 2.75) is 43.4 Å². The first-order valence-corrected chi connectivity index (χ1v) is 12.6. The molecule has 2 aromatic rings. The molecule has 1 atom stereocenters. The fraction of sp³-hybridized carbons (Fsp3) is 0.524. The molecule has 2 saturated heterocycles. The third-order valence-electron chi connectivity index (χ3n) is 5.99. The fourth-order valence-corrected chi connectivity index (χ4v) is 6.36. The van der Waals surface area contributed by atoms with E-state index in [9.17, 15) is 13.2 Å². The second-order valence-electron chi connectivity index (χ2n) is 8.07. The molecule has 8 heteroatoms. The van der Waals surface area contributed by atoms with E-state index in [1.165, 1.54) is 0 Å². The van der Waals surface area contributed by atoms with Gasteiger partial charge in [-0.25, -0.2) is 13.4 Å². The summed E-state index contributed by atoms with van der Waals surface area (Å²) in [5, 5.41) is 3.05. The average molecular weight is 434 g/mol. The molecule has 6 nitrogen and oxygen atoms in total. The molecule has 3 heterocycles. The smallest absolute Gasteiger partial charge is 0.253 e. The van der Waals surface area contributed by atoms with Crippen molar-refractivity contribution in [3.63, 3.8) is 0 Å². The van der Waals surface area contributed by atoms with Gasteiger partial charge in [-0.2, -0.15) is 4.31 Å². The van der Waals surface area contributed by atoms with Gasteiger partial charge in [-0.3, -0.25) is 4.79 Å². The highest BCUT2D eigenvalue weighted by atomic mass is 32.2. The number of carbonyl (C=O) groups excluding carboxylic acids is 1. The number of benzene rings is 1. The predicted molar refractivity (Wildman–Crippen MR) is 114 cm³/mol. The zero-order valence-electron chi connectivity index (χ0n) is 16.7. The summed E-state index contributed by atoms with van der Waals surface area (Å²) in [6.07, 6.45) is 5.59. The van der Waals surface area contributed by atoms with Gasteiger partial charge in [0.2, 0.25) is 10.0 Å². The molecule has 1 unspecified atom stereocenters. The first-order chi connectivity index (χ1) is 13.9. The van der Waals surface area contributed by atoms with Gasteiger partial charge in [0, 0.05) is 49.2 Å². The number of rotatable bonds is 4. The lowest BCUT2D eigenvalue weighted by molar-refractivity contribution is 0.0707. The normalized spacial score (nSPS) is 22.0. The maximum absolute atomic E-state index is 13.0. The lowest BCUT2D eigenvalue weighted by atomic mass is 9.98. The minimum Gasteiger partial charge on any atom is -0.338 e. The topological polar surface area (TPSA) is 70.6 Å². The van der Waals surface area contributed by atoms with Gasteiger partial charge in [0.15, 0.2) is 0 Å². The summed E-state index contributed by atoms with van der Waals surface area (Å²) >= 11 is 1.64. The number of piperidine rings is 2. The summed E-state index contributed by atoms with van der Waals surface area (Å²) < 4.78 is 27.3. The molecule has 1 aromatic heterocycles. The van der Waals surface area contributed by atoms with Crippen molar-refractivity contribution in [3.05, 3.63) is 46.4 Å². The zero-order chi connectivity index (χ0) is 20.4. The second-order valence-corrected chi connectivity index (χ2v) is 10.9. The van der Waals surface area contributed by atoms with E-state index in [2.05, 4.69) is 11.9 Å². The highest BCUT2D eigenvalue weighted by Gasteiger charge is 2.29. The van der Waals surface area contributed by atoms with Gasteiger partial charge in [0.1, 0.15) is 0 Å². The summed E-state index contributed by atoms with van der Waals surface area (Å²) in [6, 6.07) is 6.44. The van der Waals surface area contributed by atoms with Crippen LogP contribution in [0.3, 0.4) is 0 Å². The number of aromatic nitrogens is 1. The first-order valence-electron chi connectivity index (χ1n) is 10.2. The minimum absolute atomic E-state index is 0.0398. The molecule has 156 valence electrons. The van der Waals surface area contributed by atoms with E-state index in [0.29, 0.717) is 31.1 Å². The van der Waals surface area contributed by atoms with Gasteiger partial charge < -0.3 is 4.90 Å². The Morgan fingerprint density at radius 1 is 1.10 bits per heavy atom. The molecule has 29 heavy (non-hydrogen) atoms. The Hall–Kier alpha value is -1.77. The molecular weight excluding hydrogens is 406 g/mol. The molecule has 2 aliphatic rings. The van der Waals surface area contributed by atoms with Crippen LogP contribution >= 0.6 is 11.3 Å². The van der Waals surface area contributed by atoms with E-state index >= 15 is 0 Å². The second kappa shape index (κ2) is 8.53. The molecule has 0 aliphatic carbocycles. The number of sulfonamides is 1. The van der Waals surface area contributed by atoms with Crippen molar-refractivity contribution >= 4 is 27.3 Å². The van der Waals surface area contributed by atoms with Crippen molar-refractivity contribution in [1.29, 1.82) is 0 Å². The third-order valence-corrected chi connectivity index (χ3v) is 8.84. The van der Waals surface area contributed by atoms with E-state index in [0.717, 1.165) is 37.2 Å². The number of carbonyl (C=O) groups is 1. The Labute approximate surface area is 176 Å². The summed E-state index contributed by atoms with van der Waals surface area (Å²) in [5.74, 6) is 0.815. The van der Waals surface area contributed by atoms with E-state index in [4.69, 9.17) is 0 Å². The molecule has 0 spiro atoms. The van der Waals surface area contributed by atoms with Crippen molar-refractivity contribution in [1.82, 2.24) is 14.2 Å². The van der Waals surface area contributed by atoms with Crippen LogP contribution in [0.1, 0.15) is 53.9 Å². The molecule has 2 fully saturated rings. The highest BCUT2D eigenvalue weighted by Crippen LogP contribution is 2.29. The quantitative estimate of drug-likeness (QED) is 0.739. The number of hydrogen-bond acceptors (Lipinski definition) is 5. The molecule has 4 rings (SSSR count). The van der Waals surface area contributed by atoms with Crippen molar-refractivity contribution in [2.24, 2.45) is 5.92 Å². The third kappa shape index (κ3) is 4.39. The summed E-state index contributed by atoms with van der Waals surface area (Å²) in [7, 11) is -3.49. The molecule has 0 bridgehead atoms. The van der Waals surface area contributed by atoms with Gasteiger partial charge in [-0.1, -0.05) is 6.92 Å². The Balaban J connectivity index is 1.45. The standard InChI is InChI=1S/C21H27N3O3S2/c1-16-8-12-24(13-9-16)29(26,27)19-6-4-17(5-7-19)21(25)23-11-2-3-18(15-23)20-22-10-14-28-20/h4-7,10,14,16,18H,2-3,8-9,11-13,15H2,1H3. The number of likely N-dealkylation sites (tertiary alicyclic amines) is 1. The van der Waals surface area contributed by atoms with E-state index in [1.807, 2.05) is 16.5 Å². The summed E-state index contributed by atoms with van der Waals surface area (Å²) in [5.41, 5.74) is 0.538.